The molecule has 1 aromatic carbocycles. The van der Waals surface area contributed by atoms with Crippen LogP contribution in [0.3, 0.4) is 0 Å². The molecule has 0 unspecified atom stereocenters. The number of hydrogen-bond acceptors (Lipinski definition) is 5. The number of benzene rings is 1. The predicted octanol–water partition coefficient (Wildman–Crippen LogP) is 1.79. The van der Waals surface area contributed by atoms with Crippen molar-refractivity contribution in [2.24, 2.45) is 0 Å². The lowest BCUT2D eigenvalue weighted by Gasteiger charge is -2.06. The Labute approximate surface area is 117 Å². The molecule has 0 aliphatic carbocycles. The smallest absolute Gasteiger partial charge is 0.258 e. The van der Waals surface area contributed by atoms with E-state index in [1.807, 2.05) is 30.3 Å². The minimum absolute atomic E-state index is 0.236. The van der Waals surface area contributed by atoms with E-state index >= 15 is 0 Å². The summed E-state index contributed by atoms with van der Waals surface area (Å²) in [4.78, 5) is 20.1. The highest BCUT2D eigenvalue weighted by Gasteiger charge is 2.07. The number of para-hydroxylation sites is 1. The van der Waals surface area contributed by atoms with Crippen LogP contribution in [-0.2, 0) is 4.74 Å². The Morgan fingerprint density at radius 2 is 1.90 bits per heavy atom. The van der Waals surface area contributed by atoms with Gasteiger partial charge >= 0.3 is 0 Å². The van der Waals surface area contributed by atoms with Crippen molar-refractivity contribution in [3.05, 3.63) is 48.3 Å². The molecule has 1 heterocycles. The molecule has 104 valence electrons. The second-order valence-corrected chi connectivity index (χ2v) is 4.04. The molecule has 2 aromatic rings. The molecule has 20 heavy (non-hydrogen) atoms. The van der Waals surface area contributed by atoms with E-state index in [2.05, 4.69) is 20.6 Å². The Bertz CT molecular complexity index is 543. The van der Waals surface area contributed by atoms with E-state index in [9.17, 15) is 4.79 Å². The molecular weight excluding hydrogens is 256 g/mol. The fourth-order valence-electron chi connectivity index (χ4n) is 1.53. The van der Waals surface area contributed by atoms with Gasteiger partial charge < -0.3 is 15.4 Å². The molecule has 6 nitrogen and oxygen atoms in total. The van der Waals surface area contributed by atoms with Crippen molar-refractivity contribution >= 4 is 17.5 Å². The Morgan fingerprint density at radius 1 is 1.20 bits per heavy atom. The molecule has 0 aliphatic heterocycles. The first-order valence-corrected chi connectivity index (χ1v) is 6.21. The third kappa shape index (κ3) is 4.03. The van der Waals surface area contributed by atoms with Crippen LogP contribution in [0, 0.1) is 0 Å². The summed E-state index contributed by atoms with van der Waals surface area (Å²) in [5.41, 5.74) is 1.14. The SMILES string of the molecule is COCCNc1ncc(C(=O)Nc2ccccc2)cn1. The number of aromatic nitrogens is 2. The summed E-state index contributed by atoms with van der Waals surface area (Å²) in [5.74, 6) is 0.234. The molecule has 1 aromatic heterocycles. The molecule has 0 radical (unpaired) electrons. The van der Waals surface area contributed by atoms with Crippen LogP contribution in [-0.4, -0.2) is 36.1 Å². The maximum Gasteiger partial charge on any atom is 0.258 e. The number of rotatable bonds is 6. The second kappa shape index (κ2) is 7.20. The van der Waals surface area contributed by atoms with Crippen molar-refractivity contribution in [1.82, 2.24) is 9.97 Å². The molecule has 1 amide bonds. The summed E-state index contributed by atoms with van der Waals surface area (Å²) in [6.07, 6.45) is 2.97. The van der Waals surface area contributed by atoms with Gasteiger partial charge in [-0.05, 0) is 12.1 Å². The normalized spacial score (nSPS) is 10.1. The fraction of sp³-hybridized carbons (Fsp3) is 0.214. The summed E-state index contributed by atoms with van der Waals surface area (Å²) in [6.45, 7) is 1.19. The van der Waals surface area contributed by atoms with Crippen molar-refractivity contribution in [3.63, 3.8) is 0 Å². The van der Waals surface area contributed by atoms with Gasteiger partial charge in [-0.2, -0.15) is 0 Å². The van der Waals surface area contributed by atoms with Gasteiger partial charge in [0.25, 0.3) is 5.91 Å². The van der Waals surface area contributed by atoms with Gasteiger partial charge in [0.05, 0.1) is 12.2 Å². The highest BCUT2D eigenvalue weighted by Crippen LogP contribution is 2.08. The quantitative estimate of drug-likeness (QED) is 0.784. The second-order valence-electron chi connectivity index (χ2n) is 4.04. The molecule has 0 saturated heterocycles. The highest BCUT2D eigenvalue weighted by molar-refractivity contribution is 6.03. The van der Waals surface area contributed by atoms with E-state index in [4.69, 9.17) is 4.74 Å². The number of anilines is 2. The maximum absolute atomic E-state index is 12.0. The first-order chi connectivity index (χ1) is 9.79. The van der Waals surface area contributed by atoms with Crippen LogP contribution < -0.4 is 10.6 Å². The molecular formula is C14H16N4O2. The minimum atomic E-state index is -0.236. The molecule has 0 saturated carbocycles. The average molecular weight is 272 g/mol. The van der Waals surface area contributed by atoms with Crippen LogP contribution in [0.25, 0.3) is 0 Å². The number of nitrogens with one attached hydrogen (secondary N) is 2. The standard InChI is InChI=1S/C14H16N4O2/c1-20-8-7-15-14-16-9-11(10-17-14)13(19)18-12-5-3-2-4-6-12/h2-6,9-10H,7-8H2,1H3,(H,18,19)(H,15,16,17). The van der Waals surface area contributed by atoms with E-state index < -0.39 is 0 Å². The Kier molecular flexibility index (Phi) is 5.02. The van der Waals surface area contributed by atoms with E-state index in [1.54, 1.807) is 7.11 Å². The van der Waals surface area contributed by atoms with Gasteiger partial charge in [-0.15, -0.1) is 0 Å². The van der Waals surface area contributed by atoms with Crippen molar-refractivity contribution in [1.29, 1.82) is 0 Å². The minimum Gasteiger partial charge on any atom is -0.383 e. The molecule has 2 N–H and O–H groups in total. The zero-order valence-electron chi connectivity index (χ0n) is 11.2. The first kappa shape index (κ1) is 14.0. The lowest BCUT2D eigenvalue weighted by Crippen LogP contribution is -2.14. The summed E-state index contributed by atoms with van der Waals surface area (Å²) in [7, 11) is 1.62. The van der Waals surface area contributed by atoms with Crippen molar-refractivity contribution in [2.75, 3.05) is 30.9 Å². The lowest BCUT2D eigenvalue weighted by atomic mass is 10.3. The fourth-order valence-corrected chi connectivity index (χ4v) is 1.53. The number of methoxy groups -OCH3 is 1. The molecule has 0 aliphatic rings. The van der Waals surface area contributed by atoms with Crippen molar-refractivity contribution < 1.29 is 9.53 Å². The summed E-state index contributed by atoms with van der Waals surface area (Å²) in [6, 6.07) is 9.24. The van der Waals surface area contributed by atoms with Gasteiger partial charge in [-0.3, -0.25) is 4.79 Å². The number of carbonyl (C=O) groups excluding carboxylic acids is 1. The Balaban J connectivity index is 1.94. The van der Waals surface area contributed by atoms with Gasteiger partial charge in [0.2, 0.25) is 5.95 Å². The molecule has 0 bridgehead atoms. The number of nitrogens with zero attached hydrogens (tertiary/aromatic N) is 2. The van der Waals surface area contributed by atoms with Crippen molar-refractivity contribution in [3.8, 4) is 0 Å². The van der Waals surface area contributed by atoms with Crippen LogP contribution in [0.2, 0.25) is 0 Å². The summed E-state index contributed by atoms with van der Waals surface area (Å²) >= 11 is 0. The zero-order chi connectivity index (χ0) is 14.2. The summed E-state index contributed by atoms with van der Waals surface area (Å²) < 4.78 is 4.91. The predicted molar refractivity (Wildman–Crippen MR) is 76.8 cm³/mol. The highest BCUT2D eigenvalue weighted by atomic mass is 16.5. The van der Waals surface area contributed by atoms with Gasteiger partial charge in [-0.25, -0.2) is 9.97 Å². The third-order valence-electron chi connectivity index (χ3n) is 2.53. The van der Waals surface area contributed by atoms with Gasteiger partial charge in [0.15, 0.2) is 0 Å². The number of carbonyl (C=O) groups is 1. The van der Waals surface area contributed by atoms with Gasteiger partial charge in [-0.1, -0.05) is 18.2 Å². The van der Waals surface area contributed by atoms with Gasteiger partial charge in [0, 0.05) is 31.7 Å². The van der Waals surface area contributed by atoms with Crippen LogP contribution in [0.15, 0.2) is 42.7 Å². The molecule has 0 atom stereocenters. The van der Waals surface area contributed by atoms with Crippen LogP contribution >= 0.6 is 0 Å². The number of amides is 1. The third-order valence-corrected chi connectivity index (χ3v) is 2.53. The van der Waals surface area contributed by atoms with Crippen LogP contribution in [0.4, 0.5) is 11.6 Å². The Morgan fingerprint density at radius 3 is 2.55 bits per heavy atom. The van der Waals surface area contributed by atoms with E-state index in [0.717, 1.165) is 5.69 Å². The topological polar surface area (TPSA) is 76.1 Å². The van der Waals surface area contributed by atoms with E-state index in [0.29, 0.717) is 24.7 Å². The van der Waals surface area contributed by atoms with Crippen LogP contribution in [0.5, 0.6) is 0 Å². The molecule has 0 spiro atoms. The van der Waals surface area contributed by atoms with Crippen molar-refractivity contribution in [2.45, 2.75) is 0 Å². The number of hydrogen-bond donors (Lipinski definition) is 2. The number of ether oxygens (including phenoxy) is 1. The summed E-state index contributed by atoms with van der Waals surface area (Å²) in [5, 5.41) is 5.75. The zero-order valence-corrected chi connectivity index (χ0v) is 11.2. The Hall–Kier alpha value is -2.47. The monoisotopic (exact) mass is 272 g/mol. The average Bonchev–Trinajstić information content (AvgIpc) is 2.49. The van der Waals surface area contributed by atoms with E-state index in [1.165, 1.54) is 12.4 Å². The molecule has 2 rings (SSSR count). The van der Waals surface area contributed by atoms with Gasteiger partial charge in [0.1, 0.15) is 0 Å². The lowest BCUT2D eigenvalue weighted by molar-refractivity contribution is 0.102. The molecule has 6 heteroatoms. The largest absolute Gasteiger partial charge is 0.383 e. The first-order valence-electron chi connectivity index (χ1n) is 6.21. The maximum atomic E-state index is 12.0. The van der Waals surface area contributed by atoms with Crippen LogP contribution in [0.1, 0.15) is 10.4 Å². The molecule has 0 fully saturated rings. The van der Waals surface area contributed by atoms with E-state index in [-0.39, 0.29) is 5.91 Å².